The lowest BCUT2D eigenvalue weighted by molar-refractivity contribution is 0.0948. The molecule has 0 unspecified atom stereocenters. The second-order valence-electron chi connectivity index (χ2n) is 6.64. The van der Waals surface area contributed by atoms with Crippen molar-refractivity contribution in [3.8, 4) is 0 Å². The molecule has 2 heterocycles. The molecule has 0 saturated heterocycles. The van der Waals surface area contributed by atoms with Crippen molar-refractivity contribution >= 4 is 50.5 Å². The summed E-state index contributed by atoms with van der Waals surface area (Å²) in [4.78, 5) is 13.1. The average molecular weight is 444 g/mol. The van der Waals surface area contributed by atoms with E-state index in [1.807, 2.05) is 13.0 Å². The van der Waals surface area contributed by atoms with Gasteiger partial charge in [-0.3, -0.25) is 4.79 Å². The van der Waals surface area contributed by atoms with E-state index in [4.69, 9.17) is 0 Å². The summed E-state index contributed by atoms with van der Waals surface area (Å²) in [6, 6.07) is 5.08. The summed E-state index contributed by atoms with van der Waals surface area (Å²) in [5.41, 5.74) is 2.55. The van der Waals surface area contributed by atoms with Gasteiger partial charge in [-0.1, -0.05) is 13.8 Å². The van der Waals surface area contributed by atoms with Crippen molar-refractivity contribution in [1.29, 1.82) is 0 Å². The van der Waals surface area contributed by atoms with E-state index in [0.29, 0.717) is 12.2 Å². The van der Waals surface area contributed by atoms with Gasteiger partial charge in [-0.15, -0.1) is 11.3 Å². The van der Waals surface area contributed by atoms with Gasteiger partial charge in [0.25, 0.3) is 5.91 Å². The molecule has 3 nitrogen and oxygen atoms in total. The first-order valence-corrected chi connectivity index (χ1v) is 9.29. The standard InChI is InChI=1S/C17H18FIN2OS/c1-9-11-7-17(2,3)8-20-15(22)14(11)23-16(9)21-13-5-4-10(19)6-12(13)18/h4-6,21H,7-8H2,1-3H3,(H,20,22). The first-order valence-electron chi connectivity index (χ1n) is 7.39. The SMILES string of the molecule is Cc1c(Nc2ccc(I)cc2F)sc2c1CC(C)(C)CNC2=O. The molecule has 2 aromatic rings. The van der Waals surface area contributed by atoms with Crippen LogP contribution in [-0.4, -0.2) is 12.5 Å². The fraction of sp³-hybridized carbons (Fsp3) is 0.353. The van der Waals surface area contributed by atoms with E-state index in [1.54, 1.807) is 6.07 Å². The molecule has 122 valence electrons. The van der Waals surface area contributed by atoms with E-state index in [-0.39, 0.29) is 17.1 Å². The molecule has 0 saturated carbocycles. The van der Waals surface area contributed by atoms with Gasteiger partial charge in [-0.2, -0.15) is 0 Å². The van der Waals surface area contributed by atoms with E-state index in [9.17, 15) is 9.18 Å². The Morgan fingerprint density at radius 3 is 2.83 bits per heavy atom. The van der Waals surface area contributed by atoms with E-state index in [1.165, 1.54) is 17.4 Å². The van der Waals surface area contributed by atoms with Crippen molar-refractivity contribution in [1.82, 2.24) is 5.32 Å². The molecule has 2 N–H and O–H groups in total. The summed E-state index contributed by atoms with van der Waals surface area (Å²) in [7, 11) is 0. The molecule has 0 atom stereocenters. The molecule has 0 spiro atoms. The molecule has 6 heteroatoms. The Kier molecular flexibility index (Phi) is 4.39. The molecule has 1 aliphatic rings. The lowest BCUT2D eigenvalue weighted by Gasteiger charge is -2.22. The Bertz CT molecular complexity index is 785. The molecule has 0 aliphatic carbocycles. The fourth-order valence-corrected chi connectivity index (χ4v) is 4.33. The van der Waals surface area contributed by atoms with Gasteiger partial charge in [0, 0.05) is 10.1 Å². The van der Waals surface area contributed by atoms with Crippen molar-refractivity contribution < 1.29 is 9.18 Å². The molecule has 0 radical (unpaired) electrons. The molecule has 1 aliphatic heterocycles. The Labute approximate surface area is 152 Å². The first-order chi connectivity index (χ1) is 10.8. The number of rotatable bonds is 2. The molecular formula is C17H18FIN2OS. The van der Waals surface area contributed by atoms with E-state index in [0.717, 1.165) is 31.0 Å². The second-order valence-corrected chi connectivity index (χ2v) is 8.90. The molecular weight excluding hydrogens is 426 g/mol. The summed E-state index contributed by atoms with van der Waals surface area (Å²) in [6.45, 7) is 6.95. The predicted molar refractivity (Wildman–Crippen MR) is 101 cm³/mol. The highest BCUT2D eigenvalue weighted by Gasteiger charge is 2.31. The lowest BCUT2D eigenvalue weighted by Crippen LogP contribution is -2.31. The molecule has 1 aromatic heterocycles. The molecule has 0 fully saturated rings. The van der Waals surface area contributed by atoms with E-state index in [2.05, 4.69) is 47.1 Å². The number of carbonyl (C=O) groups is 1. The smallest absolute Gasteiger partial charge is 0.261 e. The monoisotopic (exact) mass is 444 g/mol. The topological polar surface area (TPSA) is 41.1 Å². The fourth-order valence-electron chi connectivity index (χ4n) is 2.72. The molecule has 3 rings (SSSR count). The minimum absolute atomic E-state index is 0.0120. The molecule has 1 amide bonds. The number of fused-ring (bicyclic) bond motifs is 1. The number of hydrogen-bond donors (Lipinski definition) is 2. The van der Waals surface area contributed by atoms with Gasteiger partial charge in [0.2, 0.25) is 0 Å². The minimum atomic E-state index is -0.287. The van der Waals surface area contributed by atoms with E-state index < -0.39 is 0 Å². The summed E-state index contributed by atoms with van der Waals surface area (Å²) in [6.07, 6.45) is 0.834. The van der Waals surface area contributed by atoms with Crippen LogP contribution in [0.25, 0.3) is 0 Å². The zero-order valence-corrected chi connectivity index (χ0v) is 16.2. The number of hydrogen-bond acceptors (Lipinski definition) is 3. The summed E-state index contributed by atoms with van der Waals surface area (Å²) < 4.78 is 14.9. The van der Waals surface area contributed by atoms with Crippen molar-refractivity contribution in [2.75, 3.05) is 11.9 Å². The maximum atomic E-state index is 14.1. The lowest BCUT2D eigenvalue weighted by atomic mass is 9.85. The van der Waals surface area contributed by atoms with Crippen LogP contribution in [0.4, 0.5) is 15.1 Å². The summed E-state index contributed by atoms with van der Waals surface area (Å²) in [5, 5.41) is 6.97. The third-order valence-corrected chi connectivity index (χ3v) is 5.96. The van der Waals surface area contributed by atoms with Crippen LogP contribution in [0.1, 0.15) is 34.6 Å². The zero-order chi connectivity index (χ0) is 16.8. The quantitative estimate of drug-likeness (QED) is 0.650. The average Bonchev–Trinajstić information content (AvgIpc) is 2.70. The number of benzene rings is 1. The van der Waals surface area contributed by atoms with Gasteiger partial charge >= 0.3 is 0 Å². The Hall–Kier alpha value is -1.15. The van der Waals surface area contributed by atoms with Gasteiger partial charge in [0.1, 0.15) is 5.82 Å². The number of amides is 1. The summed E-state index contributed by atoms with van der Waals surface area (Å²) >= 11 is 3.48. The third kappa shape index (κ3) is 3.38. The highest BCUT2D eigenvalue weighted by molar-refractivity contribution is 14.1. The normalized spacial score (nSPS) is 16.5. The number of carbonyl (C=O) groups excluding carboxylic acids is 1. The minimum Gasteiger partial charge on any atom is -0.351 e. The van der Waals surface area contributed by atoms with Gasteiger partial charge in [0.05, 0.1) is 15.6 Å². The van der Waals surface area contributed by atoms with Crippen LogP contribution in [-0.2, 0) is 6.42 Å². The Morgan fingerprint density at radius 2 is 2.13 bits per heavy atom. The van der Waals surface area contributed by atoms with Gasteiger partial charge in [0.15, 0.2) is 0 Å². The van der Waals surface area contributed by atoms with Crippen molar-refractivity contribution in [2.24, 2.45) is 5.41 Å². The van der Waals surface area contributed by atoms with Crippen molar-refractivity contribution in [3.05, 3.63) is 43.6 Å². The van der Waals surface area contributed by atoms with E-state index >= 15 is 0 Å². The molecule has 1 aromatic carbocycles. The van der Waals surface area contributed by atoms with Crippen molar-refractivity contribution in [3.63, 3.8) is 0 Å². The predicted octanol–water partition coefficient (Wildman–Crippen LogP) is 4.86. The van der Waals surface area contributed by atoms with Crippen LogP contribution in [0.3, 0.4) is 0 Å². The van der Waals surface area contributed by atoms with Gasteiger partial charge < -0.3 is 10.6 Å². The van der Waals surface area contributed by atoms with Crippen LogP contribution in [0.5, 0.6) is 0 Å². The zero-order valence-electron chi connectivity index (χ0n) is 13.2. The molecule has 0 bridgehead atoms. The highest BCUT2D eigenvalue weighted by atomic mass is 127. The van der Waals surface area contributed by atoms with Crippen LogP contribution >= 0.6 is 33.9 Å². The number of anilines is 2. The largest absolute Gasteiger partial charge is 0.351 e. The third-order valence-electron chi connectivity index (χ3n) is 4.04. The van der Waals surface area contributed by atoms with Crippen LogP contribution in [0, 0.1) is 21.7 Å². The Balaban J connectivity index is 1.99. The maximum Gasteiger partial charge on any atom is 0.261 e. The Morgan fingerprint density at radius 1 is 1.39 bits per heavy atom. The highest BCUT2D eigenvalue weighted by Crippen LogP contribution is 2.39. The van der Waals surface area contributed by atoms with Crippen molar-refractivity contribution in [2.45, 2.75) is 27.2 Å². The number of nitrogens with one attached hydrogen (secondary N) is 2. The van der Waals surface area contributed by atoms with Gasteiger partial charge in [-0.05, 0) is 70.7 Å². The van der Waals surface area contributed by atoms with Crippen LogP contribution < -0.4 is 10.6 Å². The second kappa shape index (κ2) is 6.05. The molecule has 23 heavy (non-hydrogen) atoms. The maximum absolute atomic E-state index is 14.1. The first kappa shape index (κ1) is 16.7. The number of halogens is 2. The van der Waals surface area contributed by atoms with Gasteiger partial charge in [-0.25, -0.2) is 4.39 Å². The van der Waals surface area contributed by atoms with Crippen LogP contribution in [0.2, 0.25) is 0 Å². The van der Waals surface area contributed by atoms with Crippen LogP contribution in [0.15, 0.2) is 18.2 Å². The number of thiophene rings is 1. The summed E-state index contributed by atoms with van der Waals surface area (Å²) in [5.74, 6) is -0.320.